The second-order valence-electron chi connectivity index (χ2n) is 16.6. The van der Waals surface area contributed by atoms with Crippen LogP contribution in [0, 0.1) is 13.8 Å². The van der Waals surface area contributed by atoms with E-state index >= 15 is 0 Å². The molecular formula is C50H51NO10S. The van der Waals surface area contributed by atoms with Gasteiger partial charge in [-0.25, -0.2) is 9.59 Å². The van der Waals surface area contributed by atoms with E-state index in [1.807, 2.05) is 67.6 Å². The van der Waals surface area contributed by atoms with E-state index in [-0.39, 0.29) is 30.5 Å². The maximum Gasteiger partial charge on any atom is 0.344 e. The number of rotatable bonds is 15. The van der Waals surface area contributed by atoms with E-state index in [1.165, 1.54) is 0 Å². The normalized spacial score (nSPS) is 11.7. The highest BCUT2D eigenvalue weighted by Crippen LogP contribution is 2.47. The van der Waals surface area contributed by atoms with Crippen molar-refractivity contribution < 1.29 is 45.9 Å². The lowest BCUT2D eigenvalue weighted by molar-refractivity contribution is -0.158. The fourth-order valence-corrected chi connectivity index (χ4v) is 7.74. The minimum Gasteiger partial charge on any atom is -0.489 e. The van der Waals surface area contributed by atoms with Crippen molar-refractivity contribution in [1.82, 2.24) is 4.98 Å². The minimum atomic E-state index is -4.35. The van der Waals surface area contributed by atoms with Crippen molar-refractivity contribution in [2.24, 2.45) is 0 Å². The summed E-state index contributed by atoms with van der Waals surface area (Å²) in [4.78, 5) is 29.0. The Balaban J connectivity index is 1.48. The molecule has 0 atom stereocenters. The number of nitrogens with zero attached hydrogens (tertiary/aromatic N) is 1. The van der Waals surface area contributed by atoms with Gasteiger partial charge in [0.1, 0.15) is 40.0 Å². The van der Waals surface area contributed by atoms with Crippen LogP contribution in [-0.2, 0) is 35.8 Å². The maximum absolute atomic E-state index is 14.2. The van der Waals surface area contributed by atoms with Gasteiger partial charge in [0.25, 0.3) is 0 Å². The molecule has 0 bridgehead atoms. The number of hydrogen-bond donors (Lipinski definition) is 0. The third-order valence-electron chi connectivity index (χ3n) is 9.11. The predicted octanol–water partition coefficient (Wildman–Crippen LogP) is 10.5. The summed E-state index contributed by atoms with van der Waals surface area (Å²) in [5.41, 5.74) is 4.94. The zero-order valence-corrected chi connectivity index (χ0v) is 37.0. The lowest BCUT2D eigenvalue weighted by Gasteiger charge is -2.21. The molecule has 322 valence electrons. The van der Waals surface area contributed by atoms with Crippen LogP contribution in [0.2, 0.25) is 0 Å². The van der Waals surface area contributed by atoms with Crippen molar-refractivity contribution in [3.8, 4) is 56.4 Å². The quantitative estimate of drug-likeness (QED) is 0.0721. The molecule has 5 aromatic carbocycles. The van der Waals surface area contributed by atoms with Crippen LogP contribution >= 0.6 is 0 Å². The maximum atomic E-state index is 14.2. The SMILES string of the molecule is Cc1ccc(S(=O)(=O)Oc2ccc(-c3ccc(OCC(=O)OC(C)(C)C)cc3)c(-c3ccc(OCC(=O)OC(C)(C)C)cc3)c2-c2cccc(OCc3ccncc3)c2)c(C)c1. The zero-order chi connectivity index (χ0) is 44.7. The molecular weight excluding hydrogens is 807 g/mol. The standard InChI is InChI=1S/C50H51NO10S/c1-33-12-23-44(34(2)28-33)62(54,55)61-43-22-21-42(36-13-17-39(18-14-36)57-31-45(52)59-49(3,4)5)47(37-15-19-40(20-16-37)58-32-46(53)60-50(6,7)8)48(43)38-10-9-11-41(29-38)56-30-35-24-26-51-27-25-35/h9-29H,30-32H2,1-8H3. The highest BCUT2D eigenvalue weighted by Gasteiger charge is 2.26. The van der Waals surface area contributed by atoms with Gasteiger partial charge in [-0.15, -0.1) is 0 Å². The summed E-state index contributed by atoms with van der Waals surface area (Å²) < 4.78 is 63.1. The van der Waals surface area contributed by atoms with Crippen molar-refractivity contribution >= 4 is 22.1 Å². The smallest absolute Gasteiger partial charge is 0.344 e. The number of aryl methyl sites for hydroxylation is 2. The molecule has 0 amide bonds. The summed E-state index contributed by atoms with van der Waals surface area (Å²) >= 11 is 0. The molecule has 0 fully saturated rings. The van der Waals surface area contributed by atoms with Crippen LogP contribution in [0.5, 0.6) is 23.0 Å². The van der Waals surface area contributed by atoms with Gasteiger partial charge in [-0.2, -0.15) is 8.42 Å². The molecule has 12 heteroatoms. The number of carbonyl (C=O) groups is 2. The monoisotopic (exact) mass is 857 g/mol. The first-order valence-corrected chi connectivity index (χ1v) is 21.5. The number of esters is 2. The molecule has 6 rings (SSSR count). The second kappa shape index (κ2) is 18.9. The lowest BCUT2D eigenvalue weighted by Crippen LogP contribution is -2.27. The van der Waals surface area contributed by atoms with Gasteiger partial charge in [0.05, 0.1) is 0 Å². The number of ether oxygens (including phenoxy) is 5. The van der Waals surface area contributed by atoms with E-state index in [1.54, 1.807) is 115 Å². The molecule has 0 unspecified atom stereocenters. The Morgan fingerprint density at radius 1 is 0.581 bits per heavy atom. The fraction of sp³-hybridized carbons (Fsp3) is 0.260. The number of aromatic nitrogens is 1. The molecule has 6 aromatic rings. The number of benzene rings is 5. The molecule has 0 spiro atoms. The summed E-state index contributed by atoms with van der Waals surface area (Å²) in [5.74, 6) is 0.488. The van der Waals surface area contributed by atoms with E-state index in [0.717, 1.165) is 22.3 Å². The van der Waals surface area contributed by atoms with Gasteiger partial charge in [0.2, 0.25) is 0 Å². The first-order chi connectivity index (χ1) is 29.3. The van der Waals surface area contributed by atoms with E-state index in [2.05, 4.69) is 4.98 Å². The van der Waals surface area contributed by atoms with E-state index < -0.39 is 33.3 Å². The van der Waals surface area contributed by atoms with Crippen LogP contribution in [0.15, 0.2) is 133 Å². The molecule has 11 nitrogen and oxygen atoms in total. The van der Waals surface area contributed by atoms with Crippen molar-refractivity contribution in [3.05, 3.63) is 144 Å². The molecule has 0 aliphatic heterocycles. The zero-order valence-electron chi connectivity index (χ0n) is 36.2. The molecule has 0 saturated heterocycles. The second-order valence-corrected chi connectivity index (χ2v) is 18.2. The van der Waals surface area contributed by atoms with Gasteiger partial charge in [0, 0.05) is 23.5 Å². The molecule has 0 aliphatic rings. The lowest BCUT2D eigenvalue weighted by atomic mass is 9.87. The van der Waals surface area contributed by atoms with Crippen LogP contribution in [0.1, 0.15) is 58.2 Å². The Bertz CT molecular complexity index is 2630. The summed E-state index contributed by atoms with van der Waals surface area (Å²) in [5, 5.41) is 0. The van der Waals surface area contributed by atoms with Gasteiger partial charge in [-0.3, -0.25) is 4.98 Å². The summed E-state index contributed by atoms with van der Waals surface area (Å²) in [6.45, 7) is 14.1. The molecule has 0 saturated carbocycles. The number of pyridine rings is 1. The first kappa shape index (κ1) is 44.9. The Kier molecular flexibility index (Phi) is 13.7. The summed E-state index contributed by atoms with van der Waals surface area (Å²) in [6, 6.07) is 33.9. The Morgan fingerprint density at radius 2 is 1.16 bits per heavy atom. The highest BCUT2D eigenvalue weighted by atomic mass is 32.2. The van der Waals surface area contributed by atoms with Crippen molar-refractivity contribution in [2.45, 2.75) is 78.1 Å². The van der Waals surface area contributed by atoms with Crippen molar-refractivity contribution in [3.63, 3.8) is 0 Å². The van der Waals surface area contributed by atoms with E-state index in [9.17, 15) is 18.0 Å². The third kappa shape index (κ3) is 12.2. The molecule has 1 heterocycles. The van der Waals surface area contributed by atoms with Crippen molar-refractivity contribution in [1.29, 1.82) is 0 Å². The average molecular weight is 858 g/mol. The van der Waals surface area contributed by atoms with Crippen LogP contribution in [0.3, 0.4) is 0 Å². The Hall–Kier alpha value is -6.66. The van der Waals surface area contributed by atoms with Gasteiger partial charge in [-0.05, 0) is 156 Å². The number of carbonyl (C=O) groups excluding carboxylic acids is 2. The Morgan fingerprint density at radius 3 is 1.73 bits per heavy atom. The van der Waals surface area contributed by atoms with Gasteiger partial charge in [-0.1, -0.05) is 54.1 Å². The van der Waals surface area contributed by atoms with Gasteiger partial charge >= 0.3 is 22.1 Å². The predicted molar refractivity (Wildman–Crippen MR) is 238 cm³/mol. The van der Waals surface area contributed by atoms with Crippen LogP contribution in [0.25, 0.3) is 33.4 Å². The number of hydrogen-bond acceptors (Lipinski definition) is 11. The van der Waals surface area contributed by atoms with Crippen LogP contribution in [0.4, 0.5) is 0 Å². The average Bonchev–Trinajstić information content (AvgIpc) is 3.20. The van der Waals surface area contributed by atoms with Gasteiger partial charge < -0.3 is 27.9 Å². The van der Waals surface area contributed by atoms with E-state index in [4.69, 9.17) is 27.9 Å². The van der Waals surface area contributed by atoms with Crippen molar-refractivity contribution in [2.75, 3.05) is 13.2 Å². The minimum absolute atomic E-state index is 0.0440. The molecule has 0 aliphatic carbocycles. The Labute approximate surface area is 363 Å². The van der Waals surface area contributed by atoms with Crippen LogP contribution < -0.4 is 18.4 Å². The van der Waals surface area contributed by atoms with E-state index in [0.29, 0.717) is 45.1 Å². The third-order valence-corrected chi connectivity index (χ3v) is 10.5. The molecule has 62 heavy (non-hydrogen) atoms. The summed E-state index contributed by atoms with van der Waals surface area (Å²) in [7, 11) is -4.35. The van der Waals surface area contributed by atoms with Crippen LogP contribution in [-0.4, -0.2) is 49.8 Å². The van der Waals surface area contributed by atoms with Gasteiger partial charge in [0.15, 0.2) is 19.0 Å². The molecule has 0 radical (unpaired) electrons. The first-order valence-electron chi connectivity index (χ1n) is 20.0. The summed E-state index contributed by atoms with van der Waals surface area (Å²) in [6.07, 6.45) is 3.39. The topological polar surface area (TPSA) is 137 Å². The fourth-order valence-electron chi connectivity index (χ4n) is 6.58. The highest BCUT2D eigenvalue weighted by molar-refractivity contribution is 7.87. The molecule has 0 N–H and O–H groups in total. The largest absolute Gasteiger partial charge is 0.489 e. The molecule has 1 aromatic heterocycles.